The Hall–Kier alpha value is -3.29. The van der Waals surface area contributed by atoms with Crippen LogP contribution < -0.4 is 15.4 Å². The van der Waals surface area contributed by atoms with Crippen LogP contribution >= 0.6 is 0 Å². The van der Waals surface area contributed by atoms with Crippen LogP contribution in [0.3, 0.4) is 0 Å². The molecule has 0 aliphatic heterocycles. The maximum atomic E-state index is 5.21. The van der Waals surface area contributed by atoms with Gasteiger partial charge < -0.3 is 15.4 Å². The minimum absolute atomic E-state index is 0.217. The molecule has 0 bridgehead atoms. The van der Waals surface area contributed by atoms with Gasteiger partial charge in [-0.15, -0.1) is 0 Å². The number of aromatic nitrogens is 4. The molecule has 1 unspecified atom stereocenters. The van der Waals surface area contributed by atoms with E-state index in [1.54, 1.807) is 14.2 Å². The number of benzene rings is 1. The van der Waals surface area contributed by atoms with E-state index in [0.717, 1.165) is 35.2 Å². The molecule has 160 valence electrons. The first kappa shape index (κ1) is 21.4. The minimum Gasteiger partial charge on any atom is -0.497 e. The third kappa shape index (κ3) is 5.00. The first-order valence-electron chi connectivity index (χ1n) is 10.1. The third-order valence-corrected chi connectivity index (χ3v) is 5.19. The Bertz CT molecular complexity index is 1000. The van der Waals surface area contributed by atoms with E-state index < -0.39 is 0 Å². The van der Waals surface area contributed by atoms with Crippen LogP contribution in [0.2, 0.25) is 0 Å². The maximum absolute atomic E-state index is 5.21. The number of guanidine groups is 1. The minimum atomic E-state index is 0.217. The highest BCUT2D eigenvalue weighted by Crippen LogP contribution is 2.15. The van der Waals surface area contributed by atoms with Gasteiger partial charge in [-0.3, -0.25) is 9.67 Å². The second kappa shape index (κ2) is 9.47. The zero-order valence-corrected chi connectivity index (χ0v) is 18.6. The highest BCUT2D eigenvalue weighted by molar-refractivity contribution is 5.79. The highest BCUT2D eigenvalue weighted by atomic mass is 16.5. The number of ether oxygens (including phenoxy) is 1. The Morgan fingerprint density at radius 3 is 2.50 bits per heavy atom. The monoisotopic (exact) mass is 409 g/mol. The number of rotatable bonds is 7. The summed E-state index contributed by atoms with van der Waals surface area (Å²) in [6, 6.07) is 10.0. The molecule has 8 heteroatoms. The fourth-order valence-electron chi connectivity index (χ4n) is 3.41. The summed E-state index contributed by atoms with van der Waals surface area (Å²) < 4.78 is 8.99. The zero-order valence-electron chi connectivity index (χ0n) is 18.6. The molecule has 0 fully saturated rings. The Balaban J connectivity index is 1.55. The van der Waals surface area contributed by atoms with Crippen LogP contribution in [0.25, 0.3) is 5.69 Å². The molecule has 8 nitrogen and oxygen atoms in total. The average molecular weight is 410 g/mol. The largest absolute Gasteiger partial charge is 0.497 e. The molecule has 30 heavy (non-hydrogen) atoms. The average Bonchev–Trinajstić information content (AvgIpc) is 3.31. The number of nitrogens with zero attached hydrogens (tertiary/aromatic N) is 5. The van der Waals surface area contributed by atoms with Crippen molar-refractivity contribution in [3.63, 3.8) is 0 Å². The molecule has 2 heterocycles. The Morgan fingerprint density at radius 1 is 1.17 bits per heavy atom. The molecule has 2 N–H and O–H groups in total. The fourth-order valence-corrected chi connectivity index (χ4v) is 3.41. The predicted octanol–water partition coefficient (Wildman–Crippen LogP) is 2.53. The number of hydrogen-bond donors (Lipinski definition) is 2. The molecule has 0 radical (unpaired) electrons. The van der Waals surface area contributed by atoms with E-state index in [1.807, 2.05) is 52.9 Å². The molecule has 1 aromatic carbocycles. The van der Waals surface area contributed by atoms with Crippen LogP contribution in [0, 0.1) is 13.8 Å². The number of nitrogens with one attached hydrogen (secondary N) is 2. The molecule has 0 aliphatic rings. The van der Waals surface area contributed by atoms with Gasteiger partial charge >= 0.3 is 0 Å². The third-order valence-electron chi connectivity index (χ3n) is 5.19. The summed E-state index contributed by atoms with van der Waals surface area (Å²) in [5.74, 6) is 1.58. The van der Waals surface area contributed by atoms with E-state index in [2.05, 4.69) is 46.6 Å². The van der Waals surface area contributed by atoms with Crippen molar-refractivity contribution < 1.29 is 4.74 Å². The first-order valence-corrected chi connectivity index (χ1v) is 10.1. The van der Waals surface area contributed by atoms with Crippen LogP contribution in [0.4, 0.5) is 0 Å². The summed E-state index contributed by atoms with van der Waals surface area (Å²) in [4.78, 5) is 4.34. The summed E-state index contributed by atoms with van der Waals surface area (Å²) >= 11 is 0. The second-order valence-corrected chi connectivity index (χ2v) is 7.40. The van der Waals surface area contributed by atoms with Crippen LogP contribution in [0.5, 0.6) is 5.75 Å². The smallest absolute Gasteiger partial charge is 0.191 e. The van der Waals surface area contributed by atoms with Crippen molar-refractivity contribution in [2.75, 3.05) is 14.2 Å². The Morgan fingerprint density at radius 2 is 1.90 bits per heavy atom. The normalized spacial score (nSPS) is 12.7. The SMILES string of the molecule is CN=C(NCc1ccn(-c2ccc(OC)cc2)n1)NC(C)Cc1c(C)nn(C)c1C. The van der Waals surface area contributed by atoms with E-state index in [1.165, 1.54) is 11.3 Å². The van der Waals surface area contributed by atoms with E-state index in [0.29, 0.717) is 6.54 Å². The quantitative estimate of drug-likeness (QED) is 0.463. The second-order valence-electron chi connectivity index (χ2n) is 7.40. The van der Waals surface area contributed by atoms with Crippen molar-refractivity contribution in [3.05, 3.63) is 59.2 Å². The molecule has 3 aromatic rings. The Kier molecular flexibility index (Phi) is 6.76. The molecule has 0 saturated heterocycles. The molecule has 0 aliphatic carbocycles. The molecule has 0 saturated carbocycles. The van der Waals surface area contributed by atoms with Gasteiger partial charge in [-0.05, 0) is 63.1 Å². The molecular weight excluding hydrogens is 378 g/mol. The summed E-state index contributed by atoms with van der Waals surface area (Å²) in [5, 5.41) is 15.9. The highest BCUT2D eigenvalue weighted by Gasteiger charge is 2.14. The summed E-state index contributed by atoms with van der Waals surface area (Å²) in [5.41, 5.74) is 5.48. The summed E-state index contributed by atoms with van der Waals surface area (Å²) in [6.07, 6.45) is 2.84. The van der Waals surface area contributed by atoms with Gasteiger partial charge in [0.2, 0.25) is 0 Å². The van der Waals surface area contributed by atoms with E-state index >= 15 is 0 Å². The topological polar surface area (TPSA) is 81.3 Å². The van der Waals surface area contributed by atoms with E-state index in [9.17, 15) is 0 Å². The van der Waals surface area contributed by atoms with Gasteiger partial charge in [-0.2, -0.15) is 10.2 Å². The van der Waals surface area contributed by atoms with E-state index in [4.69, 9.17) is 4.74 Å². The van der Waals surface area contributed by atoms with Gasteiger partial charge in [0.1, 0.15) is 5.75 Å². The molecular formula is C22H31N7O. The van der Waals surface area contributed by atoms with Gasteiger partial charge in [0.25, 0.3) is 0 Å². The van der Waals surface area contributed by atoms with Crippen molar-refractivity contribution in [1.29, 1.82) is 0 Å². The lowest BCUT2D eigenvalue weighted by Crippen LogP contribution is -2.42. The van der Waals surface area contributed by atoms with Crippen LogP contribution in [0.1, 0.15) is 29.6 Å². The lowest BCUT2D eigenvalue weighted by molar-refractivity contribution is 0.414. The van der Waals surface area contributed by atoms with Crippen LogP contribution in [0.15, 0.2) is 41.5 Å². The van der Waals surface area contributed by atoms with Crippen molar-refractivity contribution in [3.8, 4) is 11.4 Å². The molecule has 3 rings (SSSR count). The standard InChI is InChI=1S/C22H31N7O/c1-15(13-21-16(2)26-28(5)17(21)3)25-22(23-4)24-14-18-11-12-29(27-18)19-7-9-20(30-6)10-8-19/h7-12,15H,13-14H2,1-6H3,(H2,23,24,25). The molecule has 0 spiro atoms. The van der Waals surface area contributed by atoms with Crippen molar-refractivity contribution in [2.45, 2.75) is 39.8 Å². The van der Waals surface area contributed by atoms with Crippen molar-refractivity contribution >= 4 is 5.96 Å². The number of aryl methyl sites for hydroxylation is 2. The van der Waals surface area contributed by atoms with Gasteiger partial charge in [-0.1, -0.05) is 0 Å². The number of methoxy groups -OCH3 is 1. The number of hydrogen-bond acceptors (Lipinski definition) is 4. The predicted molar refractivity (Wildman–Crippen MR) is 119 cm³/mol. The van der Waals surface area contributed by atoms with Gasteiger partial charge in [0.15, 0.2) is 5.96 Å². The molecule has 0 amide bonds. The summed E-state index contributed by atoms with van der Waals surface area (Å²) in [7, 11) is 5.42. The fraction of sp³-hybridized carbons (Fsp3) is 0.409. The first-order chi connectivity index (χ1) is 14.4. The lowest BCUT2D eigenvalue weighted by Gasteiger charge is -2.18. The van der Waals surface area contributed by atoms with Crippen molar-refractivity contribution in [1.82, 2.24) is 30.2 Å². The van der Waals surface area contributed by atoms with Crippen molar-refractivity contribution in [2.24, 2.45) is 12.0 Å². The van der Waals surface area contributed by atoms with Gasteiger partial charge in [-0.25, -0.2) is 4.68 Å². The number of aliphatic imine (C=N–C) groups is 1. The maximum Gasteiger partial charge on any atom is 0.191 e. The van der Waals surface area contributed by atoms with Crippen LogP contribution in [-0.4, -0.2) is 45.7 Å². The zero-order chi connectivity index (χ0) is 21.7. The van der Waals surface area contributed by atoms with Gasteiger partial charge in [0, 0.05) is 32.0 Å². The van der Waals surface area contributed by atoms with Crippen LogP contribution in [-0.2, 0) is 20.0 Å². The lowest BCUT2D eigenvalue weighted by atomic mass is 10.1. The Labute approximate surface area is 178 Å². The molecule has 1 atom stereocenters. The molecule has 2 aromatic heterocycles. The summed E-state index contributed by atoms with van der Waals surface area (Å²) in [6.45, 7) is 6.90. The van der Waals surface area contributed by atoms with E-state index in [-0.39, 0.29) is 6.04 Å². The van der Waals surface area contributed by atoms with Gasteiger partial charge in [0.05, 0.1) is 30.7 Å².